The smallest absolute Gasteiger partial charge is 0.246 e. The van der Waals surface area contributed by atoms with Crippen molar-refractivity contribution in [1.82, 2.24) is 9.29 Å². The van der Waals surface area contributed by atoms with Gasteiger partial charge in [0, 0.05) is 23.8 Å². The second-order valence-corrected chi connectivity index (χ2v) is 6.95. The number of nitriles is 1. The van der Waals surface area contributed by atoms with Crippen LogP contribution in [0.25, 0.3) is 0 Å². The first-order valence-electron chi connectivity index (χ1n) is 5.88. The third-order valence-electron chi connectivity index (χ3n) is 2.62. The molecule has 1 atom stereocenters. The molecule has 7 nitrogen and oxygen atoms in total. The van der Waals surface area contributed by atoms with Crippen molar-refractivity contribution < 1.29 is 8.42 Å². The lowest BCUT2D eigenvalue weighted by Gasteiger charge is -2.22. The zero-order valence-corrected chi connectivity index (χ0v) is 13.6. The van der Waals surface area contributed by atoms with Crippen LogP contribution in [0.5, 0.6) is 0 Å². The molecule has 0 saturated heterocycles. The van der Waals surface area contributed by atoms with Gasteiger partial charge in [0.25, 0.3) is 0 Å². The van der Waals surface area contributed by atoms with E-state index in [-0.39, 0.29) is 23.8 Å². The predicted octanol–water partition coefficient (Wildman–Crippen LogP) is 1.30. The van der Waals surface area contributed by atoms with E-state index in [1.807, 2.05) is 6.07 Å². The topological polar surface area (TPSA) is 112 Å². The standard InChI is InChI=1S/C11H16BrN5O2S/c1-3-17(7-8(2)5-13)20(18,19)10-4-9(12)6-15-11(10)16-14/h4,6,8H,3,7,14H2,1-2H3,(H,15,16). The maximum absolute atomic E-state index is 12.6. The summed E-state index contributed by atoms with van der Waals surface area (Å²) >= 11 is 3.19. The fraction of sp³-hybridized carbons (Fsp3) is 0.455. The predicted molar refractivity (Wildman–Crippen MR) is 79.0 cm³/mol. The molecule has 0 radical (unpaired) electrons. The number of nitrogens with zero attached hydrogens (tertiary/aromatic N) is 3. The van der Waals surface area contributed by atoms with E-state index >= 15 is 0 Å². The summed E-state index contributed by atoms with van der Waals surface area (Å²) in [6, 6.07) is 3.45. The second-order valence-electron chi connectivity index (χ2n) is 4.13. The number of hydrazine groups is 1. The molecule has 1 unspecified atom stereocenters. The number of aromatic nitrogens is 1. The average molecular weight is 362 g/mol. The minimum atomic E-state index is -3.77. The van der Waals surface area contributed by atoms with Crippen molar-refractivity contribution in [1.29, 1.82) is 5.26 Å². The van der Waals surface area contributed by atoms with Crippen molar-refractivity contribution in [3.05, 3.63) is 16.7 Å². The van der Waals surface area contributed by atoms with Gasteiger partial charge in [-0.1, -0.05) is 6.92 Å². The summed E-state index contributed by atoms with van der Waals surface area (Å²) < 4.78 is 27.0. The molecule has 0 aliphatic heterocycles. The van der Waals surface area contributed by atoms with Crippen LogP contribution in [0.4, 0.5) is 5.82 Å². The molecule has 1 aromatic rings. The van der Waals surface area contributed by atoms with Crippen molar-refractivity contribution >= 4 is 31.8 Å². The Balaban J connectivity index is 3.27. The Morgan fingerprint density at radius 3 is 2.80 bits per heavy atom. The van der Waals surface area contributed by atoms with Crippen LogP contribution in [0.15, 0.2) is 21.6 Å². The van der Waals surface area contributed by atoms with Crippen LogP contribution < -0.4 is 11.3 Å². The third-order valence-corrected chi connectivity index (χ3v) is 5.01. The molecule has 1 aromatic heterocycles. The summed E-state index contributed by atoms with van der Waals surface area (Å²) in [7, 11) is -3.77. The van der Waals surface area contributed by atoms with Crippen LogP contribution in [-0.4, -0.2) is 30.8 Å². The normalized spacial score (nSPS) is 13.0. The van der Waals surface area contributed by atoms with E-state index in [9.17, 15) is 8.42 Å². The number of halogens is 1. The van der Waals surface area contributed by atoms with Crippen molar-refractivity contribution in [2.75, 3.05) is 18.5 Å². The van der Waals surface area contributed by atoms with Gasteiger partial charge in [-0.25, -0.2) is 19.2 Å². The number of sulfonamides is 1. The fourth-order valence-electron chi connectivity index (χ4n) is 1.61. The lowest BCUT2D eigenvalue weighted by molar-refractivity contribution is 0.400. The molecular formula is C11H16BrN5O2S. The molecular weight excluding hydrogens is 346 g/mol. The number of nitrogens with one attached hydrogen (secondary N) is 1. The largest absolute Gasteiger partial charge is 0.307 e. The summed E-state index contributed by atoms with van der Waals surface area (Å²) in [5.41, 5.74) is 2.27. The lowest BCUT2D eigenvalue weighted by atomic mass is 10.2. The first-order valence-corrected chi connectivity index (χ1v) is 8.12. The first-order chi connectivity index (χ1) is 9.36. The Labute approximate surface area is 126 Å². The molecule has 0 aliphatic rings. The van der Waals surface area contributed by atoms with Gasteiger partial charge >= 0.3 is 0 Å². The number of anilines is 1. The van der Waals surface area contributed by atoms with Crippen LogP contribution in [-0.2, 0) is 10.0 Å². The molecule has 1 heterocycles. The highest BCUT2D eigenvalue weighted by atomic mass is 79.9. The van der Waals surface area contributed by atoms with Gasteiger partial charge in [0.05, 0.1) is 12.0 Å². The Hall–Kier alpha value is -1.21. The van der Waals surface area contributed by atoms with E-state index in [1.54, 1.807) is 13.8 Å². The second kappa shape index (κ2) is 6.99. The van der Waals surface area contributed by atoms with E-state index in [0.717, 1.165) is 0 Å². The number of hydrogen-bond donors (Lipinski definition) is 2. The Morgan fingerprint density at radius 1 is 1.65 bits per heavy atom. The lowest BCUT2D eigenvalue weighted by Crippen LogP contribution is -2.35. The minimum absolute atomic E-state index is 0.0265. The quantitative estimate of drug-likeness (QED) is 0.583. The summed E-state index contributed by atoms with van der Waals surface area (Å²) in [5.74, 6) is 4.97. The molecule has 3 N–H and O–H groups in total. The van der Waals surface area contributed by atoms with Gasteiger partial charge in [0.15, 0.2) is 5.82 Å². The number of nitrogens with two attached hydrogens (primary N) is 1. The molecule has 0 fully saturated rings. The molecule has 0 bridgehead atoms. The Bertz CT molecular complexity index is 614. The number of pyridine rings is 1. The first kappa shape index (κ1) is 16.8. The van der Waals surface area contributed by atoms with E-state index < -0.39 is 15.9 Å². The minimum Gasteiger partial charge on any atom is -0.307 e. The monoisotopic (exact) mass is 361 g/mol. The van der Waals surface area contributed by atoms with Crippen LogP contribution in [0.1, 0.15) is 13.8 Å². The zero-order valence-electron chi connectivity index (χ0n) is 11.2. The maximum Gasteiger partial charge on any atom is 0.246 e. The van der Waals surface area contributed by atoms with Gasteiger partial charge in [-0.2, -0.15) is 9.57 Å². The molecule has 9 heteroatoms. The number of hydrogen-bond acceptors (Lipinski definition) is 6. The van der Waals surface area contributed by atoms with Gasteiger partial charge in [0.1, 0.15) is 4.90 Å². The molecule has 110 valence electrons. The van der Waals surface area contributed by atoms with Gasteiger partial charge in [-0.3, -0.25) is 0 Å². The summed E-state index contributed by atoms with van der Waals surface area (Å²) in [5, 5.41) is 8.84. The van der Waals surface area contributed by atoms with E-state index in [1.165, 1.54) is 16.6 Å². The van der Waals surface area contributed by atoms with Crippen LogP contribution in [0.2, 0.25) is 0 Å². The van der Waals surface area contributed by atoms with Crippen molar-refractivity contribution in [3.63, 3.8) is 0 Å². The van der Waals surface area contributed by atoms with Crippen LogP contribution in [0.3, 0.4) is 0 Å². The highest BCUT2D eigenvalue weighted by molar-refractivity contribution is 9.10. The highest BCUT2D eigenvalue weighted by Gasteiger charge is 2.28. The van der Waals surface area contributed by atoms with Gasteiger partial charge < -0.3 is 5.43 Å². The van der Waals surface area contributed by atoms with Crippen molar-refractivity contribution in [3.8, 4) is 6.07 Å². The van der Waals surface area contributed by atoms with E-state index in [4.69, 9.17) is 11.1 Å². The summed E-state index contributed by atoms with van der Waals surface area (Å²) in [6.07, 6.45) is 1.45. The van der Waals surface area contributed by atoms with Gasteiger partial charge in [-0.05, 0) is 28.9 Å². The van der Waals surface area contributed by atoms with E-state index in [0.29, 0.717) is 4.47 Å². The van der Waals surface area contributed by atoms with Crippen LogP contribution in [0, 0.1) is 17.2 Å². The van der Waals surface area contributed by atoms with E-state index in [2.05, 4.69) is 26.3 Å². The highest BCUT2D eigenvalue weighted by Crippen LogP contribution is 2.25. The number of nitrogen functional groups attached to an aromatic ring is 1. The number of rotatable bonds is 6. The molecule has 0 spiro atoms. The summed E-state index contributed by atoms with van der Waals surface area (Å²) in [4.78, 5) is 3.90. The molecule has 0 aromatic carbocycles. The maximum atomic E-state index is 12.6. The average Bonchev–Trinajstić information content (AvgIpc) is 2.44. The van der Waals surface area contributed by atoms with Crippen LogP contribution >= 0.6 is 15.9 Å². The molecule has 1 rings (SSSR count). The fourth-order valence-corrected chi connectivity index (χ4v) is 3.76. The van der Waals surface area contributed by atoms with Gasteiger partial charge in [0.2, 0.25) is 10.0 Å². The molecule has 0 amide bonds. The molecule has 20 heavy (non-hydrogen) atoms. The molecule has 0 aliphatic carbocycles. The Kier molecular flexibility index (Phi) is 5.88. The third kappa shape index (κ3) is 3.67. The Morgan fingerprint density at radius 2 is 2.30 bits per heavy atom. The SMILES string of the molecule is CCN(CC(C)C#N)S(=O)(=O)c1cc(Br)cnc1NN. The van der Waals surface area contributed by atoms with Gasteiger partial charge in [-0.15, -0.1) is 0 Å². The van der Waals surface area contributed by atoms with Crippen molar-refractivity contribution in [2.24, 2.45) is 11.8 Å². The van der Waals surface area contributed by atoms with Crippen molar-refractivity contribution in [2.45, 2.75) is 18.7 Å². The molecule has 0 saturated carbocycles. The zero-order chi connectivity index (χ0) is 15.3. The summed E-state index contributed by atoms with van der Waals surface area (Å²) in [6.45, 7) is 3.75.